The summed E-state index contributed by atoms with van der Waals surface area (Å²) in [7, 11) is 1.61. The predicted octanol–water partition coefficient (Wildman–Crippen LogP) is 0.546. The fraction of sp³-hybridized carbons (Fsp3) is 0.462. The number of nitrogens with two attached hydrogens (primary N) is 1. The topological polar surface area (TPSA) is 76.4 Å². The molecule has 0 saturated heterocycles. The van der Waals surface area contributed by atoms with Gasteiger partial charge in [0.2, 0.25) is 5.91 Å². The van der Waals surface area contributed by atoms with Crippen LogP contribution in [0.5, 0.6) is 5.75 Å². The molecule has 0 heterocycles. The number of anilines is 1. The van der Waals surface area contributed by atoms with E-state index in [4.69, 9.17) is 10.5 Å². The average molecular weight is 251 g/mol. The lowest BCUT2D eigenvalue weighted by Crippen LogP contribution is -2.31. The van der Waals surface area contributed by atoms with Gasteiger partial charge in [0.25, 0.3) is 0 Å². The fourth-order valence-corrected chi connectivity index (χ4v) is 1.62. The second-order valence-electron chi connectivity index (χ2n) is 4.06. The first-order valence-corrected chi connectivity index (χ1v) is 6.01. The zero-order valence-electron chi connectivity index (χ0n) is 11.0. The molecule has 1 rings (SSSR count). The fourth-order valence-electron chi connectivity index (χ4n) is 1.62. The Bertz CT molecular complexity index is 394. The van der Waals surface area contributed by atoms with Crippen LogP contribution in [-0.4, -0.2) is 32.7 Å². The van der Waals surface area contributed by atoms with Crippen LogP contribution in [0.4, 0.5) is 5.69 Å². The molecule has 0 bridgehead atoms. The van der Waals surface area contributed by atoms with Crippen LogP contribution in [0, 0.1) is 0 Å². The molecule has 0 radical (unpaired) electrons. The van der Waals surface area contributed by atoms with E-state index in [0.29, 0.717) is 18.0 Å². The number of carbonyl (C=O) groups excluding carboxylic acids is 1. The molecule has 5 heteroatoms. The molecular weight excluding hydrogens is 230 g/mol. The van der Waals surface area contributed by atoms with Crippen molar-refractivity contribution in [3.8, 4) is 5.75 Å². The van der Waals surface area contributed by atoms with Gasteiger partial charge in [-0.05, 0) is 30.7 Å². The molecule has 0 unspecified atom stereocenters. The zero-order valence-corrected chi connectivity index (χ0v) is 11.0. The summed E-state index contributed by atoms with van der Waals surface area (Å²) in [6, 6.07) is 5.81. The van der Waals surface area contributed by atoms with Gasteiger partial charge < -0.3 is 21.1 Å². The summed E-state index contributed by atoms with van der Waals surface area (Å²) in [6.07, 6.45) is 0.897. The van der Waals surface area contributed by atoms with E-state index < -0.39 is 0 Å². The third-order valence-electron chi connectivity index (χ3n) is 2.56. The van der Waals surface area contributed by atoms with Gasteiger partial charge >= 0.3 is 0 Å². The zero-order chi connectivity index (χ0) is 13.4. The highest BCUT2D eigenvalue weighted by atomic mass is 16.5. The maximum Gasteiger partial charge on any atom is 0.216 e. The van der Waals surface area contributed by atoms with Crippen LogP contribution in [0.2, 0.25) is 0 Å². The first-order valence-electron chi connectivity index (χ1n) is 6.01. The Hall–Kier alpha value is -1.75. The molecule has 1 aromatic rings. The Morgan fingerprint density at radius 3 is 2.72 bits per heavy atom. The second-order valence-corrected chi connectivity index (χ2v) is 4.06. The van der Waals surface area contributed by atoms with Gasteiger partial charge in [0.15, 0.2) is 0 Å². The van der Waals surface area contributed by atoms with Gasteiger partial charge in [0, 0.05) is 20.0 Å². The van der Waals surface area contributed by atoms with E-state index in [1.807, 2.05) is 18.2 Å². The van der Waals surface area contributed by atoms with Gasteiger partial charge in [-0.25, -0.2) is 0 Å². The molecule has 0 saturated carbocycles. The minimum Gasteiger partial charge on any atom is -0.495 e. The molecule has 0 atom stereocenters. The van der Waals surface area contributed by atoms with E-state index in [1.165, 1.54) is 12.5 Å². The number of methoxy groups -OCH3 is 1. The third kappa shape index (κ3) is 5.05. The van der Waals surface area contributed by atoms with Crippen LogP contribution in [0.25, 0.3) is 0 Å². The van der Waals surface area contributed by atoms with E-state index in [9.17, 15) is 4.79 Å². The van der Waals surface area contributed by atoms with Crippen molar-refractivity contribution in [1.29, 1.82) is 0 Å². The largest absolute Gasteiger partial charge is 0.495 e. The Kier molecular flexibility index (Phi) is 6.00. The number of benzene rings is 1. The van der Waals surface area contributed by atoms with Crippen molar-refractivity contribution >= 4 is 11.6 Å². The van der Waals surface area contributed by atoms with Gasteiger partial charge in [-0.1, -0.05) is 6.07 Å². The molecule has 0 aliphatic rings. The molecule has 0 aliphatic heterocycles. The summed E-state index contributed by atoms with van der Waals surface area (Å²) in [6.45, 7) is 3.79. The van der Waals surface area contributed by atoms with Gasteiger partial charge in [-0.2, -0.15) is 0 Å². The van der Waals surface area contributed by atoms with Crippen molar-refractivity contribution in [2.75, 3.05) is 32.5 Å². The summed E-state index contributed by atoms with van der Waals surface area (Å²) in [5.74, 6) is 0.706. The predicted molar refractivity (Wildman–Crippen MR) is 72.7 cm³/mol. The van der Waals surface area contributed by atoms with Crippen molar-refractivity contribution in [3.05, 3.63) is 23.8 Å². The van der Waals surface area contributed by atoms with Gasteiger partial charge in [-0.3, -0.25) is 4.79 Å². The van der Waals surface area contributed by atoms with Crippen molar-refractivity contribution in [2.24, 2.45) is 0 Å². The quantitative estimate of drug-likeness (QED) is 0.488. The van der Waals surface area contributed by atoms with Crippen molar-refractivity contribution < 1.29 is 9.53 Å². The normalized spacial score (nSPS) is 10.1. The van der Waals surface area contributed by atoms with Crippen LogP contribution >= 0.6 is 0 Å². The number of nitrogen functional groups attached to an aromatic ring is 1. The molecule has 0 fully saturated rings. The lowest BCUT2D eigenvalue weighted by molar-refractivity contribution is -0.118. The second kappa shape index (κ2) is 7.55. The molecule has 0 spiro atoms. The number of ether oxygens (including phenoxy) is 1. The van der Waals surface area contributed by atoms with E-state index in [2.05, 4.69) is 10.6 Å². The highest BCUT2D eigenvalue weighted by Crippen LogP contribution is 2.21. The van der Waals surface area contributed by atoms with Crippen molar-refractivity contribution in [1.82, 2.24) is 10.6 Å². The lowest BCUT2D eigenvalue weighted by atomic mass is 10.1. The van der Waals surface area contributed by atoms with Crippen LogP contribution in [0.3, 0.4) is 0 Å². The minimum absolute atomic E-state index is 0.000252. The SMILES string of the molecule is COc1ccc(CCNCCNC(C)=O)cc1N. The van der Waals surface area contributed by atoms with E-state index in [-0.39, 0.29) is 5.91 Å². The summed E-state index contributed by atoms with van der Waals surface area (Å²) in [4.78, 5) is 10.6. The molecule has 18 heavy (non-hydrogen) atoms. The van der Waals surface area contributed by atoms with Crippen molar-refractivity contribution in [3.63, 3.8) is 0 Å². The summed E-state index contributed by atoms with van der Waals surface area (Å²) >= 11 is 0. The smallest absolute Gasteiger partial charge is 0.216 e. The summed E-state index contributed by atoms with van der Waals surface area (Å²) in [5, 5.41) is 5.98. The van der Waals surface area contributed by atoms with Crippen LogP contribution < -0.4 is 21.1 Å². The first kappa shape index (κ1) is 14.3. The van der Waals surface area contributed by atoms with Crippen LogP contribution in [0.1, 0.15) is 12.5 Å². The maximum absolute atomic E-state index is 10.6. The Balaban J connectivity index is 2.23. The molecule has 1 amide bonds. The highest BCUT2D eigenvalue weighted by molar-refractivity contribution is 5.72. The highest BCUT2D eigenvalue weighted by Gasteiger charge is 2.00. The lowest BCUT2D eigenvalue weighted by Gasteiger charge is -2.08. The number of hydrogen-bond acceptors (Lipinski definition) is 4. The van der Waals surface area contributed by atoms with Crippen molar-refractivity contribution in [2.45, 2.75) is 13.3 Å². The minimum atomic E-state index is -0.000252. The van der Waals surface area contributed by atoms with E-state index >= 15 is 0 Å². The Morgan fingerprint density at radius 2 is 2.11 bits per heavy atom. The van der Waals surface area contributed by atoms with E-state index in [0.717, 1.165) is 19.5 Å². The standard InChI is InChI=1S/C13H21N3O2/c1-10(17)16-8-7-15-6-5-11-3-4-13(18-2)12(14)9-11/h3-4,9,15H,5-8,14H2,1-2H3,(H,16,17). The molecule has 1 aromatic carbocycles. The van der Waals surface area contributed by atoms with Gasteiger partial charge in [0.1, 0.15) is 5.75 Å². The molecule has 4 N–H and O–H groups in total. The number of rotatable bonds is 7. The van der Waals surface area contributed by atoms with Gasteiger partial charge in [-0.15, -0.1) is 0 Å². The van der Waals surface area contributed by atoms with Gasteiger partial charge in [0.05, 0.1) is 12.8 Å². The first-order chi connectivity index (χ1) is 8.63. The van der Waals surface area contributed by atoms with E-state index in [1.54, 1.807) is 7.11 Å². The van der Waals surface area contributed by atoms with Crippen LogP contribution in [0.15, 0.2) is 18.2 Å². The number of carbonyl (C=O) groups is 1. The monoisotopic (exact) mass is 251 g/mol. The molecular formula is C13H21N3O2. The van der Waals surface area contributed by atoms with Crippen LogP contribution in [-0.2, 0) is 11.2 Å². The Labute approximate surface area is 108 Å². The molecule has 100 valence electrons. The molecule has 5 nitrogen and oxygen atoms in total. The summed E-state index contributed by atoms with van der Waals surface area (Å²) in [5.41, 5.74) is 7.65. The number of amides is 1. The Morgan fingerprint density at radius 1 is 1.33 bits per heavy atom. The maximum atomic E-state index is 10.6. The summed E-state index contributed by atoms with van der Waals surface area (Å²) < 4.78 is 5.10. The molecule has 0 aliphatic carbocycles. The molecule has 0 aromatic heterocycles. The average Bonchev–Trinajstić information content (AvgIpc) is 2.33. The number of nitrogens with one attached hydrogen (secondary N) is 2. The third-order valence-corrected chi connectivity index (χ3v) is 2.56. The number of hydrogen-bond donors (Lipinski definition) is 3.